The molecule has 0 saturated heterocycles. The molecule has 146 valence electrons. The molecule has 0 amide bonds. The van der Waals surface area contributed by atoms with Crippen molar-refractivity contribution in [2.24, 2.45) is 0 Å². The normalized spacial score (nSPS) is 11.9. The highest BCUT2D eigenvalue weighted by Gasteiger charge is 2.15. The van der Waals surface area contributed by atoms with Crippen molar-refractivity contribution in [1.29, 1.82) is 0 Å². The van der Waals surface area contributed by atoms with Crippen LogP contribution in [0.5, 0.6) is 5.75 Å². The van der Waals surface area contributed by atoms with E-state index < -0.39 is 23.3 Å². The van der Waals surface area contributed by atoms with Crippen molar-refractivity contribution in [2.45, 2.75) is 6.10 Å². The Morgan fingerprint density at radius 2 is 1.96 bits per heavy atom. The van der Waals surface area contributed by atoms with Crippen LogP contribution in [0, 0.1) is 11.6 Å². The Bertz CT molecular complexity index is 1040. The Morgan fingerprint density at radius 1 is 1.25 bits per heavy atom. The van der Waals surface area contributed by atoms with Crippen LogP contribution in [0.2, 0.25) is 5.02 Å². The van der Waals surface area contributed by atoms with Crippen LogP contribution in [0.4, 0.5) is 14.5 Å². The number of hydrogen-bond donors (Lipinski definition) is 2. The summed E-state index contributed by atoms with van der Waals surface area (Å²) in [6, 6.07) is 9.60. The lowest BCUT2D eigenvalue weighted by Gasteiger charge is -2.15. The summed E-state index contributed by atoms with van der Waals surface area (Å²) in [6.45, 7) is 0.0576. The minimum Gasteiger partial charge on any atom is -0.497 e. The van der Waals surface area contributed by atoms with Crippen LogP contribution in [0.15, 0.2) is 53.5 Å². The first-order valence-electron chi connectivity index (χ1n) is 8.20. The van der Waals surface area contributed by atoms with Gasteiger partial charge in [0.2, 0.25) is 0 Å². The van der Waals surface area contributed by atoms with E-state index >= 15 is 0 Å². The Balaban J connectivity index is 1.78. The molecule has 9 heteroatoms. The number of aliphatic hydroxyl groups is 1. The Kier molecular flexibility index (Phi) is 5.91. The van der Waals surface area contributed by atoms with Gasteiger partial charge in [0, 0.05) is 12.6 Å². The molecular formula is C19H16ClF2N3O3. The van der Waals surface area contributed by atoms with E-state index in [0.717, 1.165) is 16.8 Å². The molecule has 0 aliphatic heterocycles. The quantitative estimate of drug-likeness (QED) is 0.655. The number of anilines is 1. The first kappa shape index (κ1) is 19.8. The number of halogens is 3. The number of rotatable bonds is 6. The molecule has 1 atom stereocenters. The number of nitrogens with one attached hydrogen (secondary N) is 1. The third kappa shape index (κ3) is 4.13. The second-order valence-electron chi connectivity index (χ2n) is 5.85. The molecule has 6 nitrogen and oxygen atoms in total. The van der Waals surface area contributed by atoms with Gasteiger partial charge in [0.1, 0.15) is 22.3 Å². The van der Waals surface area contributed by atoms with Gasteiger partial charge in [0.05, 0.1) is 25.1 Å². The predicted octanol–water partition coefficient (Wildman–Crippen LogP) is 3.32. The number of benzene rings is 2. The average molecular weight is 408 g/mol. The summed E-state index contributed by atoms with van der Waals surface area (Å²) in [5.41, 5.74) is -0.189. The minimum absolute atomic E-state index is 0.0576. The molecular weight excluding hydrogens is 392 g/mol. The number of aromatic nitrogens is 2. The van der Waals surface area contributed by atoms with Gasteiger partial charge in [-0.15, -0.1) is 0 Å². The summed E-state index contributed by atoms with van der Waals surface area (Å²) in [6.07, 6.45) is 0.353. The maximum Gasteiger partial charge on any atom is 0.292 e. The van der Waals surface area contributed by atoms with Crippen molar-refractivity contribution in [2.75, 3.05) is 19.0 Å². The average Bonchev–Trinajstić information content (AvgIpc) is 2.69. The molecule has 1 unspecified atom stereocenters. The van der Waals surface area contributed by atoms with Gasteiger partial charge in [-0.25, -0.2) is 8.78 Å². The molecule has 28 heavy (non-hydrogen) atoms. The topological polar surface area (TPSA) is 76.4 Å². The van der Waals surface area contributed by atoms with Gasteiger partial charge in [-0.1, -0.05) is 23.7 Å². The second-order valence-corrected chi connectivity index (χ2v) is 6.23. The first-order valence-corrected chi connectivity index (χ1v) is 8.57. The van der Waals surface area contributed by atoms with Crippen LogP contribution in [0.3, 0.4) is 0 Å². The van der Waals surface area contributed by atoms with E-state index in [-0.39, 0.29) is 22.9 Å². The maximum absolute atomic E-state index is 13.9. The fourth-order valence-electron chi connectivity index (χ4n) is 2.53. The summed E-state index contributed by atoms with van der Waals surface area (Å²) in [5, 5.41) is 16.7. The molecule has 0 radical (unpaired) electrons. The van der Waals surface area contributed by atoms with Crippen molar-refractivity contribution in [3.8, 4) is 11.4 Å². The summed E-state index contributed by atoms with van der Waals surface area (Å²) in [5.74, 6) is -1.06. The summed E-state index contributed by atoms with van der Waals surface area (Å²) < 4.78 is 32.8. The lowest BCUT2D eigenvalue weighted by Crippen LogP contribution is -2.24. The molecule has 0 aliphatic rings. The zero-order chi connectivity index (χ0) is 20.3. The van der Waals surface area contributed by atoms with Gasteiger partial charge in [-0.05, 0) is 29.8 Å². The highest BCUT2D eigenvalue weighted by atomic mass is 35.5. The highest BCUT2D eigenvalue weighted by Crippen LogP contribution is 2.21. The van der Waals surface area contributed by atoms with Crippen LogP contribution in [-0.2, 0) is 0 Å². The number of nitrogens with zero attached hydrogens (tertiary/aromatic N) is 2. The molecule has 3 rings (SSSR count). The lowest BCUT2D eigenvalue weighted by atomic mass is 10.1. The molecule has 0 aliphatic carbocycles. The highest BCUT2D eigenvalue weighted by molar-refractivity contribution is 6.32. The molecule has 0 spiro atoms. The third-order valence-corrected chi connectivity index (χ3v) is 4.41. The molecule has 0 bridgehead atoms. The summed E-state index contributed by atoms with van der Waals surface area (Å²) >= 11 is 6.07. The van der Waals surface area contributed by atoms with Crippen LogP contribution >= 0.6 is 11.6 Å². The van der Waals surface area contributed by atoms with Crippen molar-refractivity contribution in [1.82, 2.24) is 9.78 Å². The van der Waals surface area contributed by atoms with E-state index in [9.17, 15) is 18.7 Å². The van der Waals surface area contributed by atoms with Crippen LogP contribution in [-0.4, -0.2) is 28.5 Å². The number of methoxy groups -OCH3 is 1. The largest absolute Gasteiger partial charge is 0.497 e. The monoisotopic (exact) mass is 407 g/mol. The van der Waals surface area contributed by atoms with Crippen molar-refractivity contribution in [3.05, 3.63) is 81.2 Å². The molecule has 2 aromatic carbocycles. The van der Waals surface area contributed by atoms with Crippen LogP contribution < -0.4 is 15.6 Å². The zero-order valence-corrected chi connectivity index (χ0v) is 15.5. The molecule has 1 aromatic heterocycles. The molecule has 3 aromatic rings. The SMILES string of the molecule is COc1ccc(C(O)CNc2cnn(-c3ccc(F)cc3F)c(=O)c2Cl)cc1. The van der Waals surface area contributed by atoms with Crippen molar-refractivity contribution < 1.29 is 18.6 Å². The fourth-order valence-corrected chi connectivity index (χ4v) is 2.73. The van der Waals surface area contributed by atoms with E-state index in [4.69, 9.17) is 16.3 Å². The Morgan fingerprint density at radius 3 is 2.61 bits per heavy atom. The van der Waals surface area contributed by atoms with E-state index in [0.29, 0.717) is 17.4 Å². The Labute approximate surface area is 164 Å². The zero-order valence-electron chi connectivity index (χ0n) is 14.7. The summed E-state index contributed by atoms with van der Waals surface area (Å²) in [4.78, 5) is 12.4. The van der Waals surface area contributed by atoms with Gasteiger partial charge < -0.3 is 15.2 Å². The van der Waals surface area contributed by atoms with Gasteiger partial charge in [-0.3, -0.25) is 4.79 Å². The Hall–Kier alpha value is -2.97. The third-order valence-electron chi connectivity index (χ3n) is 4.04. The van der Waals surface area contributed by atoms with E-state index in [2.05, 4.69) is 10.4 Å². The van der Waals surface area contributed by atoms with Crippen molar-refractivity contribution in [3.63, 3.8) is 0 Å². The van der Waals surface area contributed by atoms with E-state index in [1.54, 1.807) is 31.4 Å². The number of hydrogen-bond acceptors (Lipinski definition) is 5. The molecule has 0 saturated carbocycles. The molecule has 1 heterocycles. The van der Waals surface area contributed by atoms with E-state index in [1.807, 2.05) is 0 Å². The number of ether oxygens (including phenoxy) is 1. The first-order chi connectivity index (χ1) is 13.4. The lowest BCUT2D eigenvalue weighted by molar-refractivity contribution is 0.191. The van der Waals surface area contributed by atoms with Gasteiger partial charge in [0.25, 0.3) is 5.56 Å². The predicted molar refractivity (Wildman–Crippen MR) is 101 cm³/mol. The molecule has 0 fully saturated rings. The van der Waals surface area contributed by atoms with Gasteiger partial charge >= 0.3 is 0 Å². The van der Waals surface area contributed by atoms with Gasteiger partial charge in [0.15, 0.2) is 5.82 Å². The number of aliphatic hydroxyl groups excluding tert-OH is 1. The second kappa shape index (κ2) is 8.37. The van der Waals surface area contributed by atoms with Crippen LogP contribution in [0.25, 0.3) is 5.69 Å². The smallest absolute Gasteiger partial charge is 0.292 e. The maximum atomic E-state index is 13.9. The van der Waals surface area contributed by atoms with Crippen LogP contribution in [0.1, 0.15) is 11.7 Å². The summed E-state index contributed by atoms with van der Waals surface area (Å²) in [7, 11) is 1.54. The van der Waals surface area contributed by atoms with Gasteiger partial charge in [-0.2, -0.15) is 9.78 Å². The minimum atomic E-state index is -0.943. The van der Waals surface area contributed by atoms with Crippen molar-refractivity contribution >= 4 is 17.3 Å². The molecule has 2 N–H and O–H groups in total. The standard InChI is InChI=1S/C19H16ClF2N3O3/c1-28-13-5-2-11(3-6-13)17(26)10-23-15-9-24-25(19(27)18(15)20)16-7-4-12(21)8-14(16)22/h2-9,17,23,26H,10H2,1H3. The fraction of sp³-hybridized carbons (Fsp3) is 0.158. The van der Waals surface area contributed by atoms with E-state index in [1.165, 1.54) is 6.20 Å².